The summed E-state index contributed by atoms with van der Waals surface area (Å²) in [5.74, 6) is -0.198. The smallest absolute Gasteiger partial charge is 0.261 e. The summed E-state index contributed by atoms with van der Waals surface area (Å²) in [5.41, 5.74) is 5.84. The number of nitrogens with zero attached hydrogens (tertiary/aromatic N) is 4. The molecule has 2 heterocycles. The number of hydrogen-bond acceptors (Lipinski definition) is 6. The van der Waals surface area contributed by atoms with Gasteiger partial charge in [-0.25, -0.2) is 9.97 Å². The van der Waals surface area contributed by atoms with E-state index in [2.05, 4.69) is 41.4 Å². The van der Waals surface area contributed by atoms with E-state index in [1.807, 2.05) is 0 Å². The maximum absolute atomic E-state index is 11.8. The number of nitrogens with one attached hydrogen (secondary N) is 1. The highest BCUT2D eigenvalue weighted by molar-refractivity contribution is 9.10. The Balaban J connectivity index is 2.23. The Bertz CT molecular complexity index is 546. The number of nitrogens with two attached hydrogens (primary N) is 1. The van der Waals surface area contributed by atoms with Crippen LogP contribution < -0.4 is 11.1 Å². The van der Waals surface area contributed by atoms with Crippen LogP contribution >= 0.6 is 15.9 Å². The topological polar surface area (TPSA) is 107 Å². The minimum absolute atomic E-state index is 0.108. The molecule has 17 heavy (non-hydrogen) atoms. The Morgan fingerprint density at radius 1 is 1.35 bits per heavy atom. The van der Waals surface area contributed by atoms with Gasteiger partial charge in [-0.1, -0.05) is 0 Å². The molecule has 8 heteroatoms. The molecule has 0 fully saturated rings. The maximum Gasteiger partial charge on any atom is 0.261 e. The molecule has 2 aromatic rings. The molecule has 0 radical (unpaired) electrons. The second-order valence-corrected chi connectivity index (χ2v) is 3.92. The molecular formula is C9H7BrN6O. The molecule has 0 aliphatic carbocycles. The van der Waals surface area contributed by atoms with Gasteiger partial charge in [-0.2, -0.15) is 5.10 Å². The molecule has 2 aromatic heterocycles. The molecule has 0 saturated heterocycles. The van der Waals surface area contributed by atoms with Crippen LogP contribution in [0.25, 0.3) is 0 Å². The van der Waals surface area contributed by atoms with Gasteiger partial charge in [-0.05, 0) is 22.0 Å². The van der Waals surface area contributed by atoms with Crippen molar-refractivity contribution < 1.29 is 4.79 Å². The van der Waals surface area contributed by atoms with E-state index in [1.165, 1.54) is 18.6 Å². The van der Waals surface area contributed by atoms with Crippen molar-refractivity contribution in [2.75, 3.05) is 11.1 Å². The van der Waals surface area contributed by atoms with Gasteiger partial charge in [-0.15, -0.1) is 5.10 Å². The highest BCUT2D eigenvalue weighted by Crippen LogP contribution is 2.16. The van der Waals surface area contributed by atoms with Crippen LogP contribution in [0.1, 0.15) is 10.4 Å². The van der Waals surface area contributed by atoms with Gasteiger partial charge < -0.3 is 5.73 Å². The fraction of sp³-hybridized carbons (Fsp3) is 0. The number of hydrogen-bond donors (Lipinski definition) is 2. The summed E-state index contributed by atoms with van der Waals surface area (Å²) < 4.78 is 0.656. The molecule has 86 valence electrons. The largest absolute Gasteiger partial charge is 0.383 e. The summed E-state index contributed by atoms with van der Waals surface area (Å²) in [7, 11) is 0. The fourth-order valence-corrected chi connectivity index (χ4v) is 1.44. The van der Waals surface area contributed by atoms with E-state index in [-0.39, 0.29) is 17.3 Å². The lowest BCUT2D eigenvalue weighted by atomic mass is 10.2. The number of amides is 1. The van der Waals surface area contributed by atoms with Crippen molar-refractivity contribution in [3.05, 3.63) is 34.7 Å². The summed E-state index contributed by atoms with van der Waals surface area (Å²) >= 11 is 3.21. The average Bonchev–Trinajstić information content (AvgIpc) is 2.33. The molecule has 0 saturated carbocycles. The lowest BCUT2D eigenvalue weighted by Crippen LogP contribution is -2.16. The molecule has 0 spiro atoms. The van der Waals surface area contributed by atoms with E-state index in [0.717, 1.165) is 0 Å². The molecule has 0 bridgehead atoms. The summed E-state index contributed by atoms with van der Waals surface area (Å²) in [6, 6.07) is 1.56. The van der Waals surface area contributed by atoms with E-state index in [0.29, 0.717) is 4.47 Å². The summed E-state index contributed by atoms with van der Waals surface area (Å²) in [5, 5.41) is 9.68. The number of aromatic nitrogens is 4. The molecule has 7 nitrogen and oxygen atoms in total. The summed E-state index contributed by atoms with van der Waals surface area (Å²) in [6.45, 7) is 0. The first-order chi connectivity index (χ1) is 8.16. The van der Waals surface area contributed by atoms with E-state index in [9.17, 15) is 4.79 Å². The third-order valence-electron chi connectivity index (χ3n) is 1.84. The number of halogens is 1. The van der Waals surface area contributed by atoms with Gasteiger partial charge in [0.15, 0.2) is 0 Å². The molecule has 0 aliphatic heterocycles. The number of pyridine rings is 1. The predicted molar refractivity (Wildman–Crippen MR) is 64.1 cm³/mol. The monoisotopic (exact) mass is 294 g/mol. The lowest BCUT2D eigenvalue weighted by Gasteiger charge is -2.05. The average molecular weight is 295 g/mol. The zero-order chi connectivity index (χ0) is 12.3. The quantitative estimate of drug-likeness (QED) is 0.851. The fourth-order valence-electron chi connectivity index (χ4n) is 1.11. The minimum Gasteiger partial charge on any atom is -0.383 e. The first-order valence-corrected chi connectivity index (χ1v) is 5.32. The minimum atomic E-state index is -0.440. The van der Waals surface area contributed by atoms with Crippen LogP contribution in [0.4, 0.5) is 11.8 Å². The van der Waals surface area contributed by atoms with Crippen LogP contribution in [-0.2, 0) is 0 Å². The SMILES string of the molecule is Nc1ncc(Br)cc1C(=O)Nc1nccnn1. The third kappa shape index (κ3) is 2.72. The van der Waals surface area contributed by atoms with Gasteiger partial charge in [0.25, 0.3) is 5.91 Å². The van der Waals surface area contributed by atoms with Crippen LogP contribution in [0.15, 0.2) is 29.1 Å². The molecule has 2 rings (SSSR count). The summed E-state index contributed by atoms with van der Waals surface area (Å²) in [4.78, 5) is 19.5. The number of anilines is 2. The van der Waals surface area contributed by atoms with Crippen molar-refractivity contribution in [1.29, 1.82) is 0 Å². The van der Waals surface area contributed by atoms with Crippen LogP contribution in [0.5, 0.6) is 0 Å². The van der Waals surface area contributed by atoms with Crippen molar-refractivity contribution in [3.8, 4) is 0 Å². The molecule has 0 atom stereocenters. The Morgan fingerprint density at radius 3 is 2.88 bits per heavy atom. The zero-order valence-corrected chi connectivity index (χ0v) is 10.0. The molecule has 1 amide bonds. The molecule has 0 aromatic carbocycles. The van der Waals surface area contributed by atoms with Crippen LogP contribution in [0.2, 0.25) is 0 Å². The van der Waals surface area contributed by atoms with Crippen molar-refractivity contribution in [2.45, 2.75) is 0 Å². The van der Waals surface area contributed by atoms with Gasteiger partial charge in [-0.3, -0.25) is 10.1 Å². The van der Waals surface area contributed by atoms with Gasteiger partial charge in [0.05, 0.1) is 18.0 Å². The maximum atomic E-state index is 11.8. The first-order valence-electron chi connectivity index (χ1n) is 4.53. The van der Waals surface area contributed by atoms with Crippen molar-refractivity contribution >= 4 is 33.6 Å². The van der Waals surface area contributed by atoms with E-state index >= 15 is 0 Å². The number of carbonyl (C=O) groups is 1. The Labute approximate surface area is 105 Å². The van der Waals surface area contributed by atoms with Crippen molar-refractivity contribution in [3.63, 3.8) is 0 Å². The second kappa shape index (κ2) is 4.83. The van der Waals surface area contributed by atoms with Gasteiger partial charge >= 0.3 is 0 Å². The number of carbonyl (C=O) groups excluding carboxylic acids is 1. The highest BCUT2D eigenvalue weighted by atomic mass is 79.9. The Kier molecular flexibility index (Phi) is 3.24. The molecule has 0 aliphatic rings. The van der Waals surface area contributed by atoms with Crippen LogP contribution in [-0.4, -0.2) is 26.1 Å². The standard InChI is InChI=1S/C9H7BrN6O/c10-5-3-6(7(11)13-4-5)8(17)15-9-12-1-2-14-16-9/h1-4H,(H2,11,13)(H,12,15,16,17). The zero-order valence-electron chi connectivity index (χ0n) is 8.46. The summed E-state index contributed by atoms with van der Waals surface area (Å²) in [6.07, 6.45) is 4.34. The second-order valence-electron chi connectivity index (χ2n) is 3.01. The highest BCUT2D eigenvalue weighted by Gasteiger charge is 2.12. The Hall–Kier alpha value is -2.09. The van der Waals surface area contributed by atoms with Crippen LogP contribution in [0, 0.1) is 0 Å². The number of nitrogen functional groups attached to an aromatic ring is 1. The Morgan fingerprint density at radius 2 is 2.18 bits per heavy atom. The van der Waals surface area contributed by atoms with Crippen molar-refractivity contribution in [2.24, 2.45) is 0 Å². The first kappa shape index (κ1) is 11.4. The predicted octanol–water partition coefficient (Wildman–Crippen LogP) is 0.864. The van der Waals surface area contributed by atoms with Crippen molar-refractivity contribution in [1.82, 2.24) is 20.2 Å². The van der Waals surface area contributed by atoms with E-state index in [4.69, 9.17) is 5.73 Å². The molecular weight excluding hydrogens is 288 g/mol. The lowest BCUT2D eigenvalue weighted by molar-refractivity contribution is 0.102. The van der Waals surface area contributed by atoms with E-state index in [1.54, 1.807) is 6.07 Å². The normalized spacial score (nSPS) is 9.94. The molecule has 0 unspecified atom stereocenters. The molecule has 3 N–H and O–H groups in total. The van der Waals surface area contributed by atoms with Crippen LogP contribution in [0.3, 0.4) is 0 Å². The van der Waals surface area contributed by atoms with Gasteiger partial charge in [0.1, 0.15) is 5.82 Å². The number of rotatable bonds is 2. The van der Waals surface area contributed by atoms with E-state index < -0.39 is 5.91 Å². The van der Waals surface area contributed by atoms with Gasteiger partial charge in [0, 0.05) is 10.7 Å². The van der Waals surface area contributed by atoms with Gasteiger partial charge in [0.2, 0.25) is 5.95 Å². The third-order valence-corrected chi connectivity index (χ3v) is 2.27.